The van der Waals surface area contributed by atoms with Crippen molar-refractivity contribution in [2.75, 3.05) is 36.4 Å². The molecule has 0 atom stereocenters. The molecule has 1 aromatic heterocycles. The van der Waals surface area contributed by atoms with Crippen LogP contribution in [0.5, 0.6) is 0 Å². The fraction of sp³-hybridized carbons (Fsp3) is 0.450. The number of hydrogen-bond donors (Lipinski definition) is 3. The Morgan fingerprint density at radius 3 is 2.70 bits per heavy atom. The van der Waals surface area contributed by atoms with Crippen molar-refractivity contribution in [3.05, 3.63) is 35.6 Å². The molecule has 160 valence electrons. The zero-order valence-corrected chi connectivity index (χ0v) is 18.3. The zero-order chi connectivity index (χ0) is 21.1. The largest absolute Gasteiger partial charge is 0.443 e. The SMILES string of the molecule is CC1(OC(N)=O)CCN(c2cnc(Sc3cccc(NC4CNC4)c3Cl)cn2)CC1. The van der Waals surface area contributed by atoms with E-state index < -0.39 is 11.7 Å². The fourth-order valence-electron chi connectivity index (χ4n) is 3.50. The molecule has 0 bridgehead atoms. The molecule has 1 aromatic carbocycles. The quantitative estimate of drug-likeness (QED) is 0.619. The average Bonchev–Trinajstić information content (AvgIpc) is 2.68. The Balaban J connectivity index is 1.38. The number of benzene rings is 1. The van der Waals surface area contributed by atoms with Crippen molar-refractivity contribution in [2.45, 2.75) is 41.3 Å². The van der Waals surface area contributed by atoms with Gasteiger partial charge in [-0.2, -0.15) is 0 Å². The van der Waals surface area contributed by atoms with Crippen LogP contribution in [-0.4, -0.2) is 53.9 Å². The molecule has 4 rings (SSSR count). The number of carbonyl (C=O) groups excluding carboxylic acids is 1. The second kappa shape index (κ2) is 8.87. The molecule has 2 fully saturated rings. The lowest BCUT2D eigenvalue weighted by molar-refractivity contribution is 0.0126. The van der Waals surface area contributed by atoms with Crippen molar-refractivity contribution >= 4 is 41.0 Å². The Kier molecular flexibility index (Phi) is 6.21. The van der Waals surface area contributed by atoms with Gasteiger partial charge in [-0.25, -0.2) is 14.8 Å². The topological polar surface area (TPSA) is 105 Å². The van der Waals surface area contributed by atoms with Crippen LogP contribution in [0.25, 0.3) is 0 Å². The van der Waals surface area contributed by atoms with Gasteiger partial charge in [0.15, 0.2) is 0 Å². The molecule has 0 saturated carbocycles. The molecule has 2 aliphatic rings. The van der Waals surface area contributed by atoms with Crippen LogP contribution in [0.2, 0.25) is 5.02 Å². The number of hydrogen-bond acceptors (Lipinski definition) is 8. The number of primary amides is 1. The number of aromatic nitrogens is 2. The molecule has 1 amide bonds. The number of rotatable bonds is 6. The number of nitrogens with one attached hydrogen (secondary N) is 2. The maximum Gasteiger partial charge on any atom is 0.405 e. The van der Waals surface area contributed by atoms with Gasteiger partial charge in [0.1, 0.15) is 16.4 Å². The first-order valence-corrected chi connectivity index (χ1v) is 11.1. The molecule has 0 radical (unpaired) electrons. The van der Waals surface area contributed by atoms with Crippen molar-refractivity contribution < 1.29 is 9.53 Å². The van der Waals surface area contributed by atoms with Gasteiger partial charge in [-0.1, -0.05) is 29.4 Å². The van der Waals surface area contributed by atoms with Crippen molar-refractivity contribution in [1.29, 1.82) is 0 Å². The minimum atomic E-state index is -0.727. The summed E-state index contributed by atoms with van der Waals surface area (Å²) in [5.41, 5.74) is 5.59. The zero-order valence-electron chi connectivity index (χ0n) is 16.7. The Bertz CT molecular complexity index is 901. The highest BCUT2D eigenvalue weighted by Crippen LogP contribution is 2.37. The molecule has 0 aliphatic carbocycles. The van der Waals surface area contributed by atoms with E-state index in [4.69, 9.17) is 22.1 Å². The summed E-state index contributed by atoms with van der Waals surface area (Å²) in [6.07, 6.45) is 4.20. The number of piperidine rings is 1. The van der Waals surface area contributed by atoms with Crippen LogP contribution < -0.4 is 21.3 Å². The molecule has 4 N–H and O–H groups in total. The Morgan fingerprint density at radius 2 is 2.10 bits per heavy atom. The van der Waals surface area contributed by atoms with Crippen LogP contribution in [0, 0.1) is 0 Å². The van der Waals surface area contributed by atoms with Gasteiger partial charge in [-0.05, 0) is 19.1 Å². The van der Waals surface area contributed by atoms with E-state index in [-0.39, 0.29) is 0 Å². The predicted octanol–water partition coefficient (Wildman–Crippen LogP) is 3.12. The molecule has 2 saturated heterocycles. The number of carbonyl (C=O) groups is 1. The molecule has 2 aliphatic heterocycles. The molecule has 30 heavy (non-hydrogen) atoms. The monoisotopic (exact) mass is 448 g/mol. The molecule has 0 spiro atoms. The van der Waals surface area contributed by atoms with E-state index in [1.54, 1.807) is 12.4 Å². The number of nitrogens with zero attached hydrogens (tertiary/aromatic N) is 3. The third kappa shape index (κ3) is 4.91. The Morgan fingerprint density at radius 1 is 1.33 bits per heavy atom. The van der Waals surface area contributed by atoms with Gasteiger partial charge in [0.2, 0.25) is 0 Å². The van der Waals surface area contributed by atoms with E-state index in [2.05, 4.69) is 25.5 Å². The van der Waals surface area contributed by atoms with Crippen molar-refractivity contribution in [3.63, 3.8) is 0 Å². The van der Waals surface area contributed by atoms with Gasteiger partial charge in [-0.15, -0.1) is 0 Å². The fourth-order valence-corrected chi connectivity index (χ4v) is 4.58. The Labute approximate surface area is 184 Å². The maximum atomic E-state index is 11.1. The highest BCUT2D eigenvalue weighted by atomic mass is 35.5. The highest BCUT2D eigenvalue weighted by Gasteiger charge is 2.33. The van der Waals surface area contributed by atoms with Crippen molar-refractivity contribution in [1.82, 2.24) is 15.3 Å². The van der Waals surface area contributed by atoms with E-state index in [9.17, 15) is 4.79 Å². The first kappa shape index (κ1) is 21.0. The summed E-state index contributed by atoms with van der Waals surface area (Å²) in [6, 6.07) is 6.38. The third-order valence-corrected chi connectivity index (χ3v) is 6.92. The summed E-state index contributed by atoms with van der Waals surface area (Å²) in [7, 11) is 0. The second-order valence-corrected chi connectivity index (χ2v) is 9.23. The minimum absolute atomic E-state index is 0.418. The first-order chi connectivity index (χ1) is 14.4. The van der Waals surface area contributed by atoms with E-state index in [1.807, 2.05) is 25.1 Å². The van der Waals surface area contributed by atoms with Crippen LogP contribution in [0.3, 0.4) is 0 Å². The van der Waals surface area contributed by atoms with Gasteiger partial charge >= 0.3 is 6.09 Å². The Hall–Kier alpha value is -2.23. The van der Waals surface area contributed by atoms with Crippen LogP contribution in [-0.2, 0) is 4.74 Å². The molecular formula is C20H25ClN6O2S. The summed E-state index contributed by atoms with van der Waals surface area (Å²) in [5.74, 6) is 0.805. The van der Waals surface area contributed by atoms with Gasteiger partial charge in [0, 0.05) is 43.9 Å². The highest BCUT2D eigenvalue weighted by molar-refractivity contribution is 7.99. The van der Waals surface area contributed by atoms with Gasteiger partial charge in [0.05, 0.1) is 29.1 Å². The summed E-state index contributed by atoms with van der Waals surface area (Å²) < 4.78 is 5.26. The lowest BCUT2D eigenvalue weighted by Gasteiger charge is -2.38. The van der Waals surface area contributed by atoms with Crippen molar-refractivity contribution in [2.24, 2.45) is 5.73 Å². The number of amides is 1. The summed E-state index contributed by atoms with van der Waals surface area (Å²) in [6.45, 7) is 5.26. The van der Waals surface area contributed by atoms with E-state index in [1.165, 1.54) is 11.8 Å². The van der Waals surface area contributed by atoms with Gasteiger partial charge in [-0.3, -0.25) is 0 Å². The van der Waals surface area contributed by atoms with Gasteiger partial charge < -0.3 is 26.0 Å². The normalized spacial score (nSPS) is 18.5. The average molecular weight is 449 g/mol. The number of ether oxygens (including phenoxy) is 1. The van der Waals surface area contributed by atoms with Crippen molar-refractivity contribution in [3.8, 4) is 0 Å². The van der Waals surface area contributed by atoms with E-state index >= 15 is 0 Å². The number of nitrogens with two attached hydrogens (primary N) is 1. The summed E-state index contributed by atoms with van der Waals surface area (Å²) in [5, 5.41) is 8.17. The summed E-state index contributed by atoms with van der Waals surface area (Å²) in [4.78, 5) is 23.3. The molecule has 2 aromatic rings. The molecule has 10 heteroatoms. The second-order valence-electron chi connectivity index (χ2n) is 7.79. The van der Waals surface area contributed by atoms with Crippen LogP contribution in [0.15, 0.2) is 40.5 Å². The lowest BCUT2D eigenvalue weighted by Crippen LogP contribution is -2.51. The molecule has 3 heterocycles. The predicted molar refractivity (Wildman–Crippen MR) is 118 cm³/mol. The van der Waals surface area contributed by atoms with Gasteiger partial charge in [0.25, 0.3) is 0 Å². The minimum Gasteiger partial charge on any atom is -0.443 e. The van der Waals surface area contributed by atoms with E-state index in [0.717, 1.165) is 47.6 Å². The number of halogens is 1. The summed E-state index contributed by atoms with van der Waals surface area (Å²) >= 11 is 8.09. The maximum absolute atomic E-state index is 11.1. The first-order valence-electron chi connectivity index (χ1n) is 9.91. The molecular weight excluding hydrogens is 424 g/mol. The van der Waals surface area contributed by atoms with Crippen LogP contribution in [0.1, 0.15) is 19.8 Å². The number of anilines is 2. The lowest BCUT2D eigenvalue weighted by atomic mass is 9.93. The van der Waals surface area contributed by atoms with E-state index in [0.29, 0.717) is 23.9 Å². The smallest absolute Gasteiger partial charge is 0.405 e. The molecule has 8 nitrogen and oxygen atoms in total. The molecule has 0 unspecified atom stereocenters. The van der Waals surface area contributed by atoms with Crippen LogP contribution >= 0.6 is 23.4 Å². The van der Waals surface area contributed by atoms with Crippen LogP contribution in [0.4, 0.5) is 16.3 Å². The standard InChI is InChI=1S/C20H25ClN6O2S/c1-20(29-19(22)28)5-7-27(8-6-20)16-11-25-17(12-24-16)30-15-4-2-3-14(18(15)21)26-13-9-23-10-13/h2-4,11-13,23,26H,5-10H2,1H3,(H2,22,28). The third-order valence-electron chi connectivity index (χ3n) is 5.43.